The van der Waals surface area contributed by atoms with Crippen LogP contribution in [0.3, 0.4) is 0 Å². The molecule has 5 nitrogen and oxygen atoms in total. The topological polar surface area (TPSA) is 72.9 Å². The number of hydrogen-bond acceptors (Lipinski definition) is 3. The number of fused-ring (bicyclic) bond motifs is 1. The first-order valence-corrected chi connectivity index (χ1v) is 8.95. The summed E-state index contributed by atoms with van der Waals surface area (Å²) >= 11 is 0. The first kappa shape index (κ1) is 18.9. The minimum absolute atomic E-state index is 0. The minimum atomic E-state index is -0.320. The fraction of sp³-hybridized carbons (Fsp3) is 0.474. The smallest absolute Gasteiger partial charge is 0.272 e. The van der Waals surface area contributed by atoms with Gasteiger partial charge in [0.2, 0.25) is 0 Å². The number of nitrogens with two attached hydrogens (primary N) is 1. The van der Waals surface area contributed by atoms with Crippen molar-refractivity contribution in [2.24, 2.45) is 11.7 Å². The Kier molecular flexibility index (Phi) is 5.34. The second-order valence-electron chi connectivity index (χ2n) is 7.21. The quantitative estimate of drug-likeness (QED) is 0.840. The fourth-order valence-electron chi connectivity index (χ4n) is 3.59. The molecule has 0 bridgehead atoms. The van der Waals surface area contributed by atoms with E-state index in [-0.39, 0.29) is 30.2 Å². The monoisotopic (exact) mass is 378 g/mol. The zero-order valence-corrected chi connectivity index (χ0v) is 15.6. The number of aryl methyl sites for hydroxylation is 1. The van der Waals surface area contributed by atoms with Crippen LogP contribution in [0.15, 0.2) is 18.2 Å². The van der Waals surface area contributed by atoms with Gasteiger partial charge in [0.25, 0.3) is 5.91 Å². The predicted molar refractivity (Wildman–Crippen MR) is 101 cm³/mol. The molecule has 7 heteroatoms. The van der Waals surface area contributed by atoms with E-state index in [0.29, 0.717) is 23.8 Å². The molecule has 0 spiro atoms. The zero-order valence-electron chi connectivity index (χ0n) is 14.8. The maximum Gasteiger partial charge on any atom is 0.272 e. The van der Waals surface area contributed by atoms with Gasteiger partial charge in [-0.1, -0.05) is 6.07 Å². The summed E-state index contributed by atoms with van der Waals surface area (Å²) in [6.07, 6.45) is 4.87. The summed E-state index contributed by atoms with van der Waals surface area (Å²) in [5, 5.41) is 7.36. The molecule has 26 heavy (non-hydrogen) atoms. The maximum absolute atomic E-state index is 14.4. The van der Waals surface area contributed by atoms with Gasteiger partial charge in [-0.25, -0.2) is 9.07 Å². The van der Waals surface area contributed by atoms with Crippen LogP contribution < -0.4 is 11.1 Å². The van der Waals surface area contributed by atoms with Gasteiger partial charge in [-0.05, 0) is 62.6 Å². The van der Waals surface area contributed by atoms with Crippen LogP contribution in [0, 0.1) is 18.7 Å². The number of amides is 1. The molecule has 140 valence electrons. The number of carbonyl (C=O) groups excluding carboxylic acids is 1. The molecular weight excluding hydrogens is 355 g/mol. The molecule has 1 saturated carbocycles. The number of carbonyl (C=O) groups is 1. The third-order valence-electron chi connectivity index (χ3n) is 5.20. The van der Waals surface area contributed by atoms with Crippen molar-refractivity contribution in [1.82, 2.24) is 15.1 Å². The van der Waals surface area contributed by atoms with Crippen LogP contribution in [-0.2, 0) is 12.8 Å². The van der Waals surface area contributed by atoms with E-state index in [1.165, 1.54) is 6.07 Å². The highest BCUT2D eigenvalue weighted by molar-refractivity contribution is 5.94. The largest absolute Gasteiger partial charge is 0.349 e. The first-order chi connectivity index (χ1) is 12.0. The van der Waals surface area contributed by atoms with Crippen molar-refractivity contribution in [3.8, 4) is 5.69 Å². The number of nitrogens with one attached hydrogen (secondary N) is 1. The maximum atomic E-state index is 14.4. The van der Waals surface area contributed by atoms with Crippen molar-refractivity contribution in [3.63, 3.8) is 0 Å². The molecule has 2 aliphatic rings. The Balaban J connectivity index is 0.00000196. The Labute approximate surface area is 158 Å². The lowest BCUT2D eigenvalue weighted by Gasteiger charge is -2.11. The molecule has 0 aliphatic heterocycles. The highest BCUT2D eigenvalue weighted by Gasteiger charge is 2.30. The van der Waals surface area contributed by atoms with Gasteiger partial charge in [-0.3, -0.25) is 4.79 Å². The standard InChI is InChI=1S/C19H23FN4O.ClH/c1-11-5-8-17(14(20)9-11)24-16-4-2-3-13(16)18(23-24)19(25)22-10-15(21)12-6-7-12;/h5,8-9,12,15H,2-4,6-7,10,21H2,1H3,(H,22,25);1H. The molecule has 3 N–H and O–H groups in total. The van der Waals surface area contributed by atoms with Crippen molar-refractivity contribution < 1.29 is 9.18 Å². The van der Waals surface area contributed by atoms with Crippen LogP contribution in [-0.4, -0.2) is 28.3 Å². The van der Waals surface area contributed by atoms with Crippen LogP contribution in [0.1, 0.15) is 46.6 Å². The third-order valence-corrected chi connectivity index (χ3v) is 5.20. The van der Waals surface area contributed by atoms with E-state index in [0.717, 1.165) is 48.9 Å². The van der Waals surface area contributed by atoms with Gasteiger partial charge in [0, 0.05) is 23.8 Å². The molecule has 1 heterocycles. The molecule has 4 rings (SSSR count). The van der Waals surface area contributed by atoms with E-state index in [4.69, 9.17) is 5.73 Å². The Morgan fingerprint density at radius 2 is 2.19 bits per heavy atom. The number of aromatic nitrogens is 2. The Bertz CT molecular complexity index is 831. The normalized spacial score (nSPS) is 16.7. The Morgan fingerprint density at radius 1 is 1.42 bits per heavy atom. The van der Waals surface area contributed by atoms with Crippen molar-refractivity contribution in [3.05, 3.63) is 46.5 Å². The molecule has 2 aromatic rings. The average molecular weight is 379 g/mol. The molecule has 1 aromatic heterocycles. The Morgan fingerprint density at radius 3 is 2.88 bits per heavy atom. The van der Waals surface area contributed by atoms with Gasteiger partial charge in [-0.2, -0.15) is 5.10 Å². The number of halogens is 2. The molecule has 1 atom stereocenters. The van der Waals surface area contributed by atoms with Gasteiger partial charge >= 0.3 is 0 Å². The Hall–Kier alpha value is -1.92. The fourth-order valence-corrected chi connectivity index (χ4v) is 3.59. The molecule has 0 saturated heterocycles. The van der Waals surface area contributed by atoms with Gasteiger partial charge in [0.05, 0.1) is 0 Å². The van der Waals surface area contributed by atoms with Crippen LogP contribution >= 0.6 is 12.4 Å². The summed E-state index contributed by atoms with van der Waals surface area (Å²) in [6, 6.07) is 5.08. The predicted octanol–water partition coefficient (Wildman–Crippen LogP) is 2.70. The second kappa shape index (κ2) is 7.37. The summed E-state index contributed by atoms with van der Waals surface area (Å²) < 4.78 is 16.0. The summed E-state index contributed by atoms with van der Waals surface area (Å²) in [5.74, 6) is 0.00524. The van der Waals surface area contributed by atoms with Gasteiger partial charge < -0.3 is 11.1 Å². The van der Waals surface area contributed by atoms with Crippen molar-refractivity contribution in [2.75, 3.05) is 6.54 Å². The van der Waals surface area contributed by atoms with Crippen LogP contribution in [0.25, 0.3) is 5.69 Å². The van der Waals surface area contributed by atoms with E-state index >= 15 is 0 Å². The lowest BCUT2D eigenvalue weighted by Crippen LogP contribution is -2.39. The van der Waals surface area contributed by atoms with E-state index in [2.05, 4.69) is 10.4 Å². The summed E-state index contributed by atoms with van der Waals surface area (Å²) in [7, 11) is 0. The van der Waals surface area contributed by atoms with Crippen LogP contribution in [0.2, 0.25) is 0 Å². The molecule has 1 amide bonds. The van der Waals surface area contributed by atoms with Crippen molar-refractivity contribution in [2.45, 2.75) is 45.1 Å². The number of rotatable bonds is 5. The summed E-state index contributed by atoms with van der Waals surface area (Å²) in [6.45, 7) is 2.31. The SMILES string of the molecule is Cc1ccc(-n2nc(C(=O)NCC(N)C3CC3)c3c2CCC3)c(F)c1.Cl. The highest BCUT2D eigenvalue weighted by atomic mass is 35.5. The molecule has 1 fully saturated rings. The van der Waals surface area contributed by atoms with Gasteiger partial charge in [0.1, 0.15) is 11.5 Å². The summed E-state index contributed by atoms with van der Waals surface area (Å²) in [5.41, 5.74) is 9.62. The van der Waals surface area contributed by atoms with E-state index in [1.807, 2.05) is 13.0 Å². The number of hydrogen-bond donors (Lipinski definition) is 2. The minimum Gasteiger partial charge on any atom is -0.349 e. The first-order valence-electron chi connectivity index (χ1n) is 8.95. The zero-order chi connectivity index (χ0) is 17.6. The van der Waals surface area contributed by atoms with E-state index in [9.17, 15) is 9.18 Å². The molecule has 0 radical (unpaired) electrons. The second-order valence-corrected chi connectivity index (χ2v) is 7.21. The average Bonchev–Trinajstić information content (AvgIpc) is 3.22. The van der Waals surface area contributed by atoms with Crippen LogP contribution in [0.5, 0.6) is 0 Å². The van der Waals surface area contributed by atoms with Crippen LogP contribution in [0.4, 0.5) is 4.39 Å². The van der Waals surface area contributed by atoms with E-state index < -0.39 is 0 Å². The molecule has 1 aromatic carbocycles. The van der Waals surface area contributed by atoms with Gasteiger partial charge in [0.15, 0.2) is 5.69 Å². The highest BCUT2D eigenvalue weighted by Crippen LogP contribution is 2.31. The molecular formula is C19H24ClFN4O. The van der Waals surface area contributed by atoms with Crippen molar-refractivity contribution in [1.29, 1.82) is 0 Å². The number of nitrogens with zero attached hydrogens (tertiary/aromatic N) is 2. The lowest BCUT2D eigenvalue weighted by atomic mass is 10.1. The third kappa shape index (κ3) is 3.48. The van der Waals surface area contributed by atoms with Crippen molar-refractivity contribution >= 4 is 18.3 Å². The molecule has 2 aliphatic carbocycles. The number of benzene rings is 1. The molecule has 1 unspecified atom stereocenters. The summed E-state index contributed by atoms with van der Waals surface area (Å²) in [4.78, 5) is 12.6. The van der Waals surface area contributed by atoms with Gasteiger partial charge in [-0.15, -0.1) is 12.4 Å². The van der Waals surface area contributed by atoms with E-state index in [1.54, 1.807) is 10.7 Å². The lowest BCUT2D eigenvalue weighted by molar-refractivity contribution is 0.0944.